The van der Waals surface area contributed by atoms with E-state index in [-0.39, 0.29) is 5.91 Å². The Morgan fingerprint density at radius 3 is 1.86 bits per heavy atom. The summed E-state index contributed by atoms with van der Waals surface area (Å²) >= 11 is 0. The summed E-state index contributed by atoms with van der Waals surface area (Å²) in [6.45, 7) is 5.66. The first kappa shape index (κ1) is 23.6. The summed E-state index contributed by atoms with van der Waals surface area (Å²) in [5.74, 6) is 0.743. The zero-order chi connectivity index (χ0) is 24.6. The topological polar surface area (TPSA) is 36.0 Å². The fraction of sp³-hybridized carbons (Fsp3) is 0.194. The molecule has 0 saturated carbocycles. The highest BCUT2D eigenvalue weighted by Gasteiger charge is 2.20. The van der Waals surface area contributed by atoms with Crippen molar-refractivity contribution in [1.29, 1.82) is 0 Å². The Morgan fingerprint density at radius 2 is 1.22 bits per heavy atom. The van der Waals surface area contributed by atoms with E-state index >= 15 is 0 Å². The fourth-order valence-electron chi connectivity index (χ4n) is 4.52. The molecule has 5 nitrogen and oxygen atoms in total. The van der Waals surface area contributed by atoms with Crippen molar-refractivity contribution in [3.8, 4) is 5.75 Å². The van der Waals surface area contributed by atoms with Gasteiger partial charge in [-0.15, -0.1) is 0 Å². The molecule has 1 heterocycles. The van der Waals surface area contributed by atoms with Crippen molar-refractivity contribution in [2.45, 2.75) is 0 Å². The summed E-state index contributed by atoms with van der Waals surface area (Å²) in [5.41, 5.74) is 3.58. The van der Waals surface area contributed by atoms with Crippen molar-refractivity contribution < 1.29 is 9.53 Å². The molecule has 0 aromatic heterocycles. The van der Waals surface area contributed by atoms with Crippen LogP contribution in [0.5, 0.6) is 5.75 Å². The molecule has 1 aliphatic heterocycles. The first-order valence-electron chi connectivity index (χ1n) is 12.5. The number of anilines is 3. The lowest BCUT2D eigenvalue weighted by Gasteiger charge is -2.36. The molecule has 0 bridgehead atoms. The minimum absolute atomic E-state index is 0.0647. The first-order chi connectivity index (χ1) is 17.8. The summed E-state index contributed by atoms with van der Waals surface area (Å²) in [6.07, 6.45) is 0. The number of para-hydroxylation sites is 2. The molecule has 0 radical (unpaired) electrons. The molecule has 0 N–H and O–H groups in total. The molecule has 1 fully saturated rings. The molecule has 1 saturated heterocycles. The maximum Gasteiger partial charge on any atom is 0.262 e. The monoisotopic (exact) mass is 477 g/mol. The Morgan fingerprint density at radius 1 is 0.667 bits per heavy atom. The number of ether oxygens (including phenoxy) is 1. The molecule has 182 valence electrons. The quantitative estimate of drug-likeness (QED) is 0.318. The van der Waals surface area contributed by atoms with Gasteiger partial charge in [-0.1, -0.05) is 54.6 Å². The van der Waals surface area contributed by atoms with Gasteiger partial charge in [-0.2, -0.15) is 0 Å². The summed E-state index contributed by atoms with van der Waals surface area (Å²) in [6, 6.07) is 37.5. The minimum Gasteiger partial charge on any atom is -0.492 e. The average molecular weight is 478 g/mol. The van der Waals surface area contributed by atoms with Crippen molar-refractivity contribution in [3.63, 3.8) is 0 Å². The number of rotatable bonds is 8. The average Bonchev–Trinajstić information content (AvgIpc) is 2.96. The van der Waals surface area contributed by atoms with E-state index in [1.807, 2.05) is 84.9 Å². The van der Waals surface area contributed by atoms with Gasteiger partial charge in [-0.25, -0.2) is 0 Å². The molecule has 1 amide bonds. The van der Waals surface area contributed by atoms with Gasteiger partial charge in [0.1, 0.15) is 12.4 Å². The molecule has 5 rings (SSSR count). The van der Waals surface area contributed by atoms with Gasteiger partial charge in [0, 0.05) is 55.3 Å². The molecular weight excluding hydrogens is 446 g/mol. The second-order valence-corrected chi connectivity index (χ2v) is 8.85. The van der Waals surface area contributed by atoms with Gasteiger partial charge in [-0.3, -0.25) is 14.6 Å². The smallest absolute Gasteiger partial charge is 0.262 e. The maximum absolute atomic E-state index is 13.4. The Labute approximate surface area is 213 Å². The molecule has 1 aliphatic rings. The van der Waals surface area contributed by atoms with Gasteiger partial charge in [0.2, 0.25) is 0 Å². The zero-order valence-corrected chi connectivity index (χ0v) is 20.4. The van der Waals surface area contributed by atoms with Gasteiger partial charge < -0.3 is 9.64 Å². The van der Waals surface area contributed by atoms with Crippen LogP contribution < -0.4 is 14.5 Å². The van der Waals surface area contributed by atoms with E-state index in [0.717, 1.165) is 49.8 Å². The number of benzene rings is 4. The van der Waals surface area contributed by atoms with E-state index in [2.05, 4.69) is 40.1 Å². The lowest BCUT2D eigenvalue weighted by atomic mass is 10.1. The summed E-state index contributed by atoms with van der Waals surface area (Å²) < 4.78 is 6.05. The molecule has 4 aromatic rings. The maximum atomic E-state index is 13.4. The standard InChI is InChI=1S/C31H31N3O2/c35-31(26-10-4-1-5-11-26)34(28-14-8-3-9-15-28)29-16-18-30(19-17-29)36-25-24-32-20-22-33(23-21-32)27-12-6-2-7-13-27/h1-19H,20-25H2. The van der Waals surface area contributed by atoms with Crippen LogP contribution in [0, 0.1) is 0 Å². The summed E-state index contributed by atoms with van der Waals surface area (Å²) in [7, 11) is 0. The molecule has 0 spiro atoms. The van der Waals surface area contributed by atoms with Crippen LogP contribution in [0.1, 0.15) is 10.4 Å². The van der Waals surface area contributed by atoms with Crippen LogP contribution in [0.15, 0.2) is 115 Å². The summed E-state index contributed by atoms with van der Waals surface area (Å²) in [5, 5.41) is 0. The van der Waals surface area contributed by atoms with Crippen molar-refractivity contribution in [2.75, 3.05) is 49.1 Å². The Kier molecular flexibility index (Phi) is 7.59. The highest BCUT2D eigenvalue weighted by Crippen LogP contribution is 2.29. The Bertz CT molecular complexity index is 1220. The van der Waals surface area contributed by atoms with Crippen molar-refractivity contribution in [2.24, 2.45) is 0 Å². The van der Waals surface area contributed by atoms with Crippen LogP contribution in [0.3, 0.4) is 0 Å². The predicted molar refractivity (Wildman–Crippen MR) is 146 cm³/mol. The van der Waals surface area contributed by atoms with E-state index in [0.29, 0.717) is 12.2 Å². The highest BCUT2D eigenvalue weighted by atomic mass is 16.5. The molecular formula is C31H31N3O2. The molecule has 0 atom stereocenters. The largest absolute Gasteiger partial charge is 0.492 e. The number of hydrogen-bond donors (Lipinski definition) is 0. The molecule has 36 heavy (non-hydrogen) atoms. The van der Waals surface area contributed by atoms with E-state index < -0.39 is 0 Å². The normalized spacial score (nSPS) is 13.8. The van der Waals surface area contributed by atoms with Crippen LogP contribution in [0.25, 0.3) is 0 Å². The number of piperazine rings is 1. The van der Waals surface area contributed by atoms with Crippen molar-refractivity contribution in [3.05, 3.63) is 121 Å². The fourth-order valence-corrected chi connectivity index (χ4v) is 4.52. The first-order valence-corrected chi connectivity index (χ1v) is 12.5. The van der Waals surface area contributed by atoms with E-state index in [1.54, 1.807) is 4.90 Å². The van der Waals surface area contributed by atoms with E-state index in [9.17, 15) is 4.79 Å². The lowest BCUT2D eigenvalue weighted by molar-refractivity contribution is 0.0999. The SMILES string of the molecule is O=C(c1ccccc1)N(c1ccccc1)c1ccc(OCCN2CCN(c3ccccc3)CC2)cc1. The Balaban J connectivity index is 1.18. The van der Waals surface area contributed by atoms with Crippen LogP contribution in [-0.4, -0.2) is 50.1 Å². The molecule has 0 aliphatic carbocycles. The molecule has 0 unspecified atom stereocenters. The third kappa shape index (κ3) is 5.75. The zero-order valence-electron chi connectivity index (χ0n) is 20.4. The van der Waals surface area contributed by atoms with E-state index in [1.165, 1.54) is 5.69 Å². The third-order valence-electron chi connectivity index (χ3n) is 6.50. The third-order valence-corrected chi connectivity index (χ3v) is 6.50. The van der Waals surface area contributed by atoms with Gasteiger partial charge in [0.05, 0.1) is 0 Å². The van der Waals surface area contributed by atoms with Gasteiger partial charge in [0.15, 0.2) is 0 Å². The number of amides is 1. The minimum atomic E-state index is -0.0647. The van der Waals surface area contributed by atoms with Gasteiger partial charge >= 0.3 is 0 Å². The number of carbonyl (C=O) groups is 1. The van der Waals surface area contributed by atoms with E-state index in [4.69, 9.17) is 4.74 Å². The molecule has 4 aromatic carbocycles. The van der Waals surface area contributed by atoms with Gasteiger partial charge in [0.25, 0.3) is 5.91 Å². The van der Waals surface area contributed by atoms with Crippen LogP contribution in [0.4, 0.5) is 17.1 Å². The van der Waals surface area contributed by atoms with Crippen LogP contribution >= 0.6 is 0 Å². The second-order valence-electron chi connectivity index (χ2n) is 8.85. The highest BCUT2D eigenvalue weighted by molar-refractivity contribution is 6.10. The van der Waals surface area contributed by atoms with Crippen LogP contribution in [-0.2, 0) is 0 Å². The number of carbonyl (C=O) groups excluding carboxylic acids is 1. The second kappa shape index (κ2) is 11.6. The lowest BCUT2D eigenvalue weighted by Crippen LogP contribution is -2.47. The van der Waals surface area contributed by atoms with Gasteiger partial charge in [-0.05, 0) is 60.7 Å². The predicted octanol–water partition coefficient (Wildman–Crippen LogP) is 5.87. The molecule has 5 heteroatoms. The van der Waals surface area contributed by atoms with Crippen molar-refractivity contribution >= 4 is 23.0 Å². The van der Waals surface area contributed by atoms with Crippen LogP contribution in [0.2, 0.25) is 0 Å². The van der Waals surface area contributed by atoms with Crippen molar-refractivity contribution in [1.82, 2.24) is 4.90 Å². The Hall–Kier alpha value is -4.09. The number of hydrogen-bond acceptors (Lipinski definition) is 4. The summed E-state index contributed by atoms with van der Waals surface area (Å²) in [4.78, 5) is 20.0. The number of nitrogens with zero attached hydrogens (tertiary/aromatic N) is 3.